The van der Waals surface area contributed by atoms with Crippen LogP contribution in [0.15, 0.2) is 12.3 Å². The van der Waals surface area contributed by atoms with E-state index in [2.05, 4.69) is 41.5 Å². The van der Waals surface area contributed by atoms with Gasteiger partial charge in [-0.25, -0.2) is 0 Å². The molecule has 2 bridgehead atoms. The number of hydrogen-bond donors (Lipinski definition) is 1. The standard InChI is InChI=1S/C17H30N4/c1-4-8-18-17(12-14-7-9-20(2)19-14)13-10-15-5-6-16(11-13)21(15)3/h7,9,13,15-18H,4-6,8,10-12H2,1-3H3. The third-order valence-corrected chi connectivity index (χ3v) is 5.56. The van der Waals surface area contributed by atoms with Gasteiger partial charge in [0.05, 0.1) is 5.69 Å². The molecule has 2 fully saturated rings. The summed E-state index contributed by atoms with van der Waals surface area (Å²) in [5.74, 6) is 0.812. The Hall–Kier alpha value is -0.870. The number of piperidine rings is 1. The Morgan fingerprint density at radius 3 is 2.57 bits per heavy atom. The molecule has 0 spiro atoms. The lowest BCUT2D eigenvalue weighted by molar-refractivity contribution is 0.112. The van der Waals surface area contributed by atoms with E-state index in [-0.39, 0.29) is 0 Å². The Morgan fingerprint density at radius 2 is 2.00 bits per heavy atom. The highest BCUT2D eigenvalue weighted by molar-refractivity contribution is 5.04. The zero-order valence-corrected chi connectivity index (χ0v) is 13.8. The molecule has 118 valence electrons. The van der Waals surface area contributed by atoms with Gasteiger partial charge < -0.3 is 10.2 Å². The van der Waals surface area contributed by atoms with Gasteiger partial charge in [-0.05, 0) is 57.7 Å². The van der Waals surface area contributed by atoms with Crippen LogP contribution >= 0.6 is 0 Å². The van der Waals surface area contributed by atoms with Crippen molar-refractivity contribution < 1.29 is 0 Å². The molecule has 4 heteroatoms. The van der Waals surface area contributed by atoms with Gasteiger partial charge in [-0.1, -0.05) is 6.92 Å². The predicted molar refractivity (Wildman–Crippen MR) is 86.3 cm³/mol. The van der Waals surface area contributed by atoms with E-state index in [1.807, 2.05) is 11.7 Å². The summed E-state index contributed by atoms with van der Waals surface area (Å²) in [5, 5.41) is 8.40. The Bertz CT molecular complexity index is 441. The zero-order chi connectivity index (χ0) is 14.8. The van der Waals surface area contributed by atoms with Crippen molar-refractivity contribution in [3.8, 4) is 0 Å². The lowest BCUT2D eigenvalue weighted by Crippen LogP contribution is -2.48. The van der Waals surface area contributed by atoms with Crippen LogP contribution in [0.25, 0.3) is 0 Å². The molecule has 0 aromatic carbocycles. The van der Waals surface area contributed by atoms with Gasteiger partial charge in [0, 0.05) is 37.8 Å². The molecule has 1 N–H and O–H groups in total. The fourth-order valence-electron chi connectivity index (χ4n) is 4.31. The summed E-state index contributed by atoms with van der Waals surface area (Å²) in [7, 11) is 4.33. The molecule has 4 nitrogen and oxygen atoms in total. The monoisotopic (exact) mass is 290 g/mol. The Kier molecular flexibility index (Phi) is 4.65. The highest BCUT2D eigenvalue weighted by Crippen LogP contribution is 2.39. The summed E-state index contributed by atoms with van der Waals surface area (Å²) in [6, 6.07) is 4.41. The summed E-state index contributed by atoms with van der Waals surface area (Å²) in [5.41, 5.74) is 1.23. The van der Waals surface area contributed by atoms with Crippen LogP contribution in [0.5, 0.6) is 0 Å². The maximum Gasteiger partial charge on any atom is 0.0640 e. The topological polar surface area (TPSA) is 33.1 Å². The molecule has 1 aromatic rings. The largest absolute Gasteiger partial charge is 0.313 e. The average Bonchev–Trinajstić information content (AvgIpc) is 2.94. The summed E-state index contributed by atoms with van der Waals surface area (Å²) in [6.45, 7) is 3.38. The van der Waals surface area contributed by atoms with Crippen LogP contribution in [0.3, 0.4) is 0 Å². The second-order valence-corrected chi connectivity index (χ2v) is 7.03. The number of nitrogens with one attached hydrogen (secondary N) is 1. The lowest BCUT2D eigenvalue weighted by atomic mass is 9.83. The maximum atomic E-state index is 4.59. The van der Waals surface area contributed by atoms with Gasteiger partial charge in [-0.15, -0.1) is 0 Å². The van der Waals surface area contributed by atoms with E-state index in [1.54, 1.807) is 0 Å². The van der Waals surface area contributed by atoms with Crippen LogP contribution in [0.1, 0.15) is 44.7 Å². The zero-order valence-electron chi connectivity index (χ0n) is 13.8. The fraction of sp³-hybridized carbons (Fsp3) is 0.824. The van der Waals surface area contributed by atoms with Gasteiger partial charge in [0.2, 0.25) is 0 Å². The summed E-state index contributed by atoms with van der Waals surface area (Å²) >= 11 is 0. The molecule has 3 rings (SSSR count). The normalized spacial score (nSPS) is 30.7. The first-order valence-electron chi connectivity index (χ1n) is 8.61. The number of rotatable bonds is 6. The third-order valence-electron chi connectivity index (χ3n) is 5.56. The van der Waals surface area contributed by atoms with Crippen molar-refractivity contribution >= 4 is 0 Å². The number of hydrogen-bond acceptors (Lipinski definition) is 3. The Morgan fingerprint density at radius 1 is 1.29 bits per heavy atom. The number of nitrogens with zero attached hydrogens (tertiary/aromatic N) is 3. The van der Waals surface area contributed by atoms with Crippen LogP contribution in [0.2, 0.25) is 0 Å². The maximum absolute atomic E-state index is 4.59. The fourth-order valence-corrected chi connectivity index (χ4v) is 4.31. The quantitative estimate of drug-likeness (QED) is 0.872. The molecule has 3 atom stereocenters. The van der Waals surface area contributed by atoms with Gasteiger partial charge in [0.25, 0.3) is 0 Å². The third kappa shape index (κ3) is 3.32. The minimum absolute atomic E-state index is 0.594. The molecule has 3 heterocycles. The van der Waals surface area contributed by atoms with E-state index in [9.17, 15) is 0 Å². The molecule has 21 heavy (non-hydrogen) atoms. The molecular weight excluding hydrogens is 260 g/mol. The van der Waals surface area contributed by atoms with Gasteiger partial charge in [-0.3, -0.25) is 4.68 Å². The summed E-state index contributed by atoms with van der Waals surface area (Å²) < 4.78 is 1.92. The van der Waals surface area contributed by atoms with Crippen molar-refractivity contribution in [1.29, 1.82) is 0 Å². The van der Waals surface area contributed by atoms with Crippen molar-refractivity contribution in [1.82, 2.24) is 20.0 Å². The molecule has 0 saturated carbocycles. The van der Waals surface area contributed by atoms with Gasteiger partial charge in [-0.2, -0.15) is 5.10 Å². The van der Waals surface area contributed by atoms with Gasteiger partial charge in [0.15, 0.2) is 0 Å². The number of fused-ring (bicyclic) bond motifs is 2. The molecule has 2 aliphatic rings. The van der Waals surface area contributed by atoms with E-state index in [1.165, 1.54) is 37.8 Å². The van der Waals surface area contributed by atoms with E-state index >= 15 is 0 Å². The smallest absolute Gasteiger partial charge is 0.0640 e. The Labute approximate surface area is 128 Å². The van der Waals surface area contributed by atoms with Crippen molar-refractivity contribution in [3.05, 3.63) is 18.0 Å². The van der Waals surface area contributed by atoms with Crippen LogP contribution in [0.4, 0.5) is 0 Å². The molecule has 0 radical (unpaired) electrons. The molecule has 0 amide bonds. The van der Waals surface area contributed by atoms with Crippen molar-refractivity contribution in [3.63, 3.8) is 0 Å². The van der Waals surface area contributed by atoms with E-state index < -0.39 is 0 Å². The van der Waals surface area contributed by atoms with Crippen LogP contribution in [-0.4, -0.2) is 46.4 Å². The molecule has 1 aromatic heterocycles. The summed E-state index contributed by atoms with van der Waals surface area (Å²) in [6.07, 6.45) is 9.88. The molecular formula is C17H30N4. The molecule has 3 unspecified atom stereocenters. The van der Waals surface area contributed by atoms with E-state index in [4.69, 9.17) is 0 Å². The van der Waals surface area contributed by atoms with Crippen molar-refractivity contribution in [2.45, 2.75) is 63.6 Å². The molecule has 2 aliphatic heterocycles. The minimum Gasteiger partial charge on any atom is -0.313 e. The SMILES string of the molecule is CCCNC(Cc1ccn(C)n1)C1CC2CCC(C1)N2C. The van der Waals surface area contributed by atoms with Crippen LogP contribution in [-0.2, 0) is 13.5 Å². The van der Waals surface area contributed by atoms with Gasteiger partial charge in [0.1, 0.15) is 0 Å². The van der Waals surface area contributed by atoms with Gasteiger partial charge >= 0.3 is 0 Å². The Balaban J connectivity index is 1.67. The predicted octanol–water partition coefficient (Wildman–Crippen LogP) is 2.20. The molecule has 2 saturated heterocycles. The highest BCUT2D eigenvalue weighted by atomic mass is 15.2. The van der Waals surface area contributed by atoms with E-state index in [0.717, 1.165) is 31.0 Å². The first-order chi connectivity index (χ1) is 10.2. The highest BCUT2D eigenvalue weighted by Gasteiger charge is 2.40. The van der Waals surface area contributed by atoms with E-state index in [0.29, 0.717) is 6.04 Å². The number of aryl methyl sites for hydroxylation is 1. The first-order valence-corrected chi connectivity index (χ1v) is 8.61. The number of aromatic nitrogens is 2. The summed E-state index contributed by atoms with van der Waals surface area (Å²) in [4.78, 5) is 2.63. The van der Waals surface area contributed by atoms with Crippen LogP contribution in [0, 0.1) is 5.92 Å². The van der Waals surface area contributed by atoms with Crippen LogP contribution < -0.4 is 5.32 Å². The minimum atomic E-state index is 0.594. The first kappa shape index (κ1) is 15.0. The second-order valence-electron chi connectivity index (χ2n) is 7.03. The average molecular weight is 290 g/mol. The lowest BCUT2D eigenvalue weighted by Gasteiger charge is -2.40. The van der Waals surface area contributed by atoms with Crippen molar-refractivity contribution in [2.24, 2.45) is 13.0 Å². The molecule has 0 aliphatic carbocycles. The van der Waals surface area contributed by atoms with Crippen molar-refractivity contribution in [2.75, 3.05) is 13.6 Å². The second kappa shape index (κ2) is 6.49.